The van der Waals surface area contributed by atoms with Crippen molar-refractivity contribution >= 4 is 23.1 Å². The van der Waals surface area contributed by atoms with Crippen molar-refractivity contribution in [1.82, 2.24) is 4.90 Å². The zero-order chi connectivity index (χ0) is 12.3. The lowest BCUT2D eigenvalue weighted by Crippen LogP contribution is -2.54. The highest BCUT2D eigenvalue weighted by atomic mass is 35.5. The second-order valence-electron chi connectivity index (χ2n) is 4.66. The molecular formula is C10H16ClNO4. The van der Waals surface area contributed by atoms with Crippen molar-refractivity contribution in [2.45, 2.75) is 38.8 Å². The van der Waals surface area contributed by atoms with Crippen LogP contribution in [0.3, 0.4) is 0 Å². The van der Waals surface area contributed by atoms with Gasteiger partial charge in [0.1, 0.15) is 12.2 Å². The smallest absolute Gasteiger partial charge is 0.410 e. The standard InChI is InChI=1S/C10H16ClNO4/c1-10(2,3)16-9(14)12-5-4-7(12)6-15-8(11)13/h7H,4-6H2,1-3H3/t7-/m1/s1. The van der Waals surface area contributed by atoms with Crippen molar-refractivity contribution in [3.63, 3.8) is 0 Å². The molecule has 0 saturated carbocycles. The van der Waals surface area contributed by atoms with Gasteiger partial charge in [0.25, 0.3) is 0 Å². The van der Waals surface area contributed by atoms with Gasteiger partial charge in [-0.15, -0.1) is 0 Å². The van der Waals surface area contributed by atoms with Gasteiger partial charge in [-0.2, -0.15) is 0 Å². The lowest BCUT2D eigenvalue weighted by Gasteiger charge is -2.40. The van der Waals surface area contributed by atoms with Gasteiger partial charge in [0.15, 0.2) is 0 Å². The zero-order valence-electron chi connectivity index (χ0n) is 9.66. The highest BCUT2D eigenvalue weighted by Gasteiger charge is 2.35. The Labute approximate surface area is 99.6 Å². The minimum absolute atomic E-state index is 0.113. The van der Waals surface area contributed by atoms with Crippen LogP contribution in [-0.4, -0.2) is 41.2 Å². The number of likely N-dealkylation sites (tertiary alicyclic amines) is 1. The first-order chi connectivity index (χ1) is 7.29. The number of carbonyl (C=O) groups excluding carboxylic acids is 2. The molecule has 1 atom stereocenters. The van der Waals surface area contributed by atoms with Crippen LogP contribution in [0.25, 0.3) is 0 Å². The molecule has 0 N–H and O–H groups in total. The van der Waals surface area contributed by atoms with Crippen molar-refractivity contribution in [2.75, 3.05) is 13.2 Å². The number of nitrogens with zero attached hydrogens (tertiary/aromatic N) is 1. The number of ether oxygens (including phenoxy) is 2. The van der Waals surface area contributed by atoms with E-state index in [1.54, 1.807) is 20.8 Å². The van der Waals surface area contributed by atoms with Crippen molar-refractivity contribution in [1.29, 1.82) is 0 Å². The van der Waals surface area contributed by atoms with E-state index in [4.69, 9.17) is 16.3 Å². The van der Waals surface area contributed by atoms with Crippen LogP contribution in [0, 0.1) is 0 Å². The number of hydrogen-bond donors (Lipinski definition) is 0. The van der Waals surface area contributed by atoms with E-state index in [2.05, 4.69) is 4.74 Å². The van der Waals surface area contributed by atoms with Gasteiger partial charge in [-0.1, -0.05) is 0 Å². The van der Waals surface area contributed by atoms with Gasteiger partial charge in [-0.25, -0.2) is 9.59 Å². The van der Waals surface area contributed by atoms with E-state index in [1.807, 2.05) is 0 Å². The number of halogens is 1. The van der Waals surface area contributed by atoms with Gasteiger partial charge in [0.2, 0.25) is 0 Å². The summed E-state index contributed by atoms with van der Waals surface area (Å²) >= 11 is 5.04. The Bertz CT molecular complexity index is 287. The lowest BCUT2D eigenvalue weighted by molar-refractivity contribution is -0.0173. The summed E-state index contributed by atoms with van der Waals surface area (Å²) in [7, 11) is 0. The molecule has 6 heteroatoms. The predicted octanol–water partition coefficient (Wildman–Crippen LogP) is 2.37. The zero-order valence-corrected chi connectivity index (χ0v) is 10.4. The summed E-state index contributed by atoms with van der Waals surface area (Å²) in [6.45, 7) is 6.16. The van der Waals surface area contributed by atoms with Crippen LogP contribution in [0.2, 0.25) is 0 Å². The molecule has 1 saturated heterocycles. The van der Waals surface area contributed by atoms with Crippen LogP contribution in [0.1, 0.15) is 27.2 Å². The van der Waals surface area contributed by atoms with Crippen molar-refractivity contribution in [3.05, 3.63) is 0 Å². The Morgan fingerprint density at radius 2 is 2.06 bits per heavy atom. The van der Waals surface area contributed by atoms with Crippen LogP contribution in [0.15, 0.2) is 0 Å². The summed E-state index contributed by atoms with van der Waals surface area (Å²) in [6, 6.07) is -0.113. The minimum Gasteiger partial charge on any atom is -0.451 e. The van der Waals surface area contributed by atoms with Gasteiger partial charge in [-0.05, 0) is 27.2 Å². The van der Waals surface area contributed by atoms with E-state index in [-0.39, 0.29) is 18.7 Å². The summed E-state index contributed by atoms with van der Waals surface area (Å²) in [5, 5.41) is 0. The third-order valence-corrected chi connectivity index (χ3v) is 2.27. The normalized spacial score (nSPS) is 20.0. The summed E-state index contributed by atoms with van der Waals surface area (Å²) in [6.07, 6.45) is 0.415. The second kappa shape index (κ2) is 4.91. The third-order valence-electron chi connectivity index (χ3n) is 2.16. The molecule has 0 bridgehead atoms. The Balaban J connectivity index is 2.37. The maximum atomic E-state index is 11.6. The molecule has 0 unspecified atom stereocenters. The average molecular weight is 250 g/mol. The van der Waals surface area contributed by atoms with Crippen LogP contribution in [-0.2, 0) is 9.47 Å². The first kappa shape index (κ1) is 13.1. The molecule has 16 heavy (non-hydrogen) atoms. The molecular weight excluding hydrogens is 234 g/mol. The lowest BCUT2D eigenvalue weighted by atomic mass is 10.1. The predicted molar refractivity (Wildman–Crippen MR) is 58.5 cm³/mol. The van der Waals surface area contributed by atoms with Crippen molar-refractivity contribution in [2.24, 2.45) is 0 Å². The fourth-order valence-electron chi connectivity index (χ4n) is 1.34. The number of carbonyl (C=O) groups is 2. The Morgan fingerprint density at radius 3 is 2.44 bits per heavy atom. The molecule has 0 aliphatic carbocycles. The van der Waals surface area contributed by atoms with Crippen LogP contribution < -0.4 is 0 Å². The Morgan fingerprint density at radius 1 is 1.44 bits per heavy atom. The fraction of sp³-hybridized carbons (Fsp3) is 0.800. The second-order valence-corrected chi connectivity index (χ2v) is 4.97. The molecule has 0 aromatic carbocycles. The van der Waals surface area contributed by atoms with Gasteiger partial charge < -0.3 is 14.4 Å². The molecule has 5 nitrogen and oxygen atoms in total. The topological polar surface area (TPSA) is 55.8 Å². The summed E-state index contributed by atoms with van der Waals surface area (Å²) in [5.74, 6) is 0. The number of amides is 1. The molecule has 0 spiro atoms. The molecule has 0 aromatic rings. The van der Waals surface area contributed by atoms with Crippen molar-refractivity contribution in [3.8, 4) is 0 Å². The molecule has 0 aromatic heterocycles. The molecule has 1 aliphatic heterocycles. The maximum absolute atomic E-state index is 11.6. The monoisotopic (exact) mass is 249 g/mol. The van der Waals surface area contributed by atoms with E-state index in [0.29, 0.717) is 6.54 Å². The van der Waals surface area contributed by atoms with Gasteiger partial charge in [0, 0.05) is 18.1 Å². The van der Waals surface area contributed by atoms with Gasteiger partial charge >= 0.3 is 11.5 Å². The number of rotatable bonds is 2. The van der Waals surface area contributed by atoms with E-state index in [1.165, 1.54) is 4.90 Å². The first-order valence-corrected chi connectivity index (χ1v) is 5.49. The summed E-state index contributed by atoms with van der Waals surface area (Å²) < 4.78 is 9.83. The van der Waals surface area contributed by atoms with E-state index in [9.17, 15) is 9.59 Å². The summed E-state index contributed by atoms with van der Waals surface area (Å²) in [4.78, 5) is 23.6. The Hall–Kier alpha value is -0.970. The first-order valence-electron chi connectivity index (χ1n) is 5.11. The van der Waals surface area contributed by atoms with Crippen molar-refractivity contribution < 1.29 is 19.1 Å². The average Bonchev–Trinajstić information content (AvgIpc) is 1.96. The maximum Gasteiger partial charge on any atom is 0.410 e. The van der Waals surface area contributed by atoms with E-state index < -0.39 is 11.0 Å². The van der Waals surface area contributed by atoms with Crippen LogP contribution in [0.5, 0.6) is 0 Å². The summed E-state index contributed by atoms with van der Waals surface area (Å²) in [5.41, 5.74) is -1.36. The molecule has 0 radical (unpaired) electrons. The minimum atomic E-state index is -0.851. The quantitative estimate of drug-likeness (QED) is 0.705. The van der Waals surface area contributed by atoms with E-state index >= 15 is 0 Å². The van der Waals surface area contributed by atoms with Crippen LogP contribution in [0.4, 0.5) is 9.59 Å². The molecule has 1 aliphatic rings. The highest BCUT2D eigenvalue weighted by molar-refractivity contribution is 6.61. The van der Waals surface area contributed by atoms with Crippen LogP contribution >= 0.6 is 11.6 Å². The van der Waals surface area contributed by atoms with E-state index in [0.717, 1.165) is 6.42 Å². The molecule has 1 amide bonds. The molecule has 1 heterocycles. The number of hydrogen-bond acceptors (Lipinski definition) is 4. The fourth-order valence-corrected chi connectivity index (χ4v) is 1.40. The molecule has 1 rings (SSSR count). The molecule has 1 fully saturated rings. The highest BCUT2D eigenvalue weighted by Crippen LogP contribution is 2.21. The van der Waals surface area contributed by atoms with Gasteiger partial charge in [0.05, 0.1) is 6.04 Å². The SMILES string of the molecule is CC(C)(C)OC(=O)N1CC[C@@H]1COC(=O)Cl. The molecule has 92 valence electrons. The largest absolute Gasteiger partial charge is 0.451 e. The Kier molecular flexibility index (Phi) is 4.02. The van der Waals surface area contributed by atoms with Gasteiger partial charge in [-0.3, -0.25) is 0 Å². The third kappa shape index (κ3) is 3.89.